The Labute approximate surface area is 109 Å². The molecule has 2 aliphatic heterocycles. The molecule has 0 unspecified atom stereocenters. The summed E-state index contributed by atoms with van der Waals surface area (Å²) in [4.78, 5) is 2.42. The van der Waals surface area contributed by atoms with Crippen LogP contribution in [0.2, 0.25) is 0 Å². The number of hydrogen-bond acceptors (Lipinski definition) is 3. The fourth-order valence-electron chi connectivity index (χ4n) is 3.26. The van der Waals surface area contributed by atoms with Crippen molar-refractivity contribution < 1.29 is 9.47 Å². The molecule has 0 bridgehead atoms. The van der Waals surface area contributed by atoms with Crippen LogP contribution in [0, 0.1) is 12.8 Å². The van der Waals surface area contributed by atoms with Crippen molar-refractivity contribution in [3.05, 3.63) is 23.3 Å². The van der Waals surface area contributed by atoms with E-state index in [4.69, 9.17) is 9.47 Å². The summed E-state index contributed by atoms with van der Waals surface area (Å²) < 4.78 is 11.4. The van der Waals surface area contributed by atoms with E-state index in [2.05, 4.69) is 31.0 Å². The smallest absolute Gasteiger partial charge is 0.126 e. The molecule has 18 heavy (non-hydrogen) atoms. The maximum absolute atomic E-state index is 5.98. The number of benzene rings is 1. The Kier molecular flexibility index (Phi) is 2.94. The zero-order valence-corrected chi connectivity index (χ0v) is 11.4. The van der Waals surface area contributed by atoms with E-state index >= 15 is 0 Å². The molecule has 1 saturated heterocycles. The molecule has 0 N–H and O–H groups in total. The summed E-state index contributed by atoms with van der Waals surface area (Å²) in [5, 5.41) is 0. The molecular formula is C15H21NO2. The Morgan fingerprint density at radius 2 is 2.22 bits per heavy atom. The van der Waals surface area contributed by atoms with Gasteiger partial charge in [0.25, 0.3) is 0 Å². The first-order chi connectivity index (χ1) is 8.69. The van der Waals surface area contributed by atoms with Crippen molar-refractivity contribution in [3.63, 3.8) is 0 Å². The Balaban J connectivity index is 2.03. The van der Waals surface area contributed by atoms with Gasteiger partial charge in [0.2, 0.25) is 0 Å². The van der Waals surface area contributed by atoms with E-state index in [-0.39, 0.29) is 0 Å². The van der Waals surface area contributed by atoms with Crippen LogP contribution < -0.4 is 9.47 Å². The van der Waals surface area contributed by atoms with Crippen LogP contribution in [0.25, 0.3) is 0 Å². The van der Waals surface area contributed by atoms with Crippen molar-refractivity contribution in [1.29, 1.82) is 0 Å². The van der Waals surface area contributed by atoms with E-state index in [9.17, 15) is 0 Å². The summed E-state index contributed by atoms with van der Waals surface area (Å²) in [6, 6.07) is 4.23. The van der Waals surface area contributed by atoms with E-state index in [0.29, 0.717) is 11.8 Å². The standard InChI is InChI=1S/C15H21NO2/c1-10-6-12(17-3)7-13-14-8-16(2)5-4-11(14)9-18-15(10)13/h6-7,11,14H,4-5,8-9H2,1-3H3/t11-,14-/m0/s1. The summed E-state index contributed by atoms with van der Waals surface area (Å²) in [6.45, 7) is 5.29. The Bertz CT molecular complexity index is 458. The quantitative estimate of drug-likeness (QED) is 0.761. The van der Waals surface area contributed by atoms with Gasteiger partial charge in [-0.2, -0.15) is 0 Å². The minimum absolute atomic E-state index is 0.598. The van der Waals surface area contributed by atoms with Crippen molar-refractivity contribution in [1.82, 2.24) is 4.90 Å². The minimum Gasteiger partial charge on any atom is -0.497 e. The van der Waals surface area contributed by atoms with Gasteiger partial charge in [-0.3, -0.25) is 0 Å². The molecule has 0 amide bonds. The van der Waals surface area contributed by atoms with E-state index in [1.807, 2.05) is 0 Å². The van der Waals surface area contributed by atoms with Gasteiger partial charge in [-0.15, -0.1) is 0 Å². The van der Waals surface area contributed by atoms with E-state index in [1.165, 1.54) is 24.1 Å². The summed E-state index contributed by atoms with van der Waals surface area (Å²) in [7, 11) is 3.94. The zero-order valence-electron chi connectivity index (χ0n) is 11.4. The number of piperidine rings is 1. The van der Waals surface area contributed by atoms with Crippen LogP contribution in [0.4, 0.5) is 0 Å². The van der Waals surface area contributed by atoms with Crippen molar-refractivity contribution in [3.8, 4) is 11.5 Å². The third-order valence-electron chi connectivity index (χ3n) is 4.31. The summed E-state index contributed by atoms with van der Waals surface area (Å²) in [6.07, 6.45) is 1.23. The molecule has 0 aromatic heterocycles. The lowest BCUT2D eigenvalue weighted by atomic mass is 9.78. The van der Waals surface area contributed by atoms with Crippen LogP contribution >= 0.6 is 0 Å². The predicted molar refractivity (Wildman–Crippen MR) is 71.6 cm³/mol. The molecule has 1 aromatic rings. The highest BCUT2D eigenvalue weighted by atomic mass is 16.5. The number of likely N-dealkylation sites (tertiary alicyclic amines) is 1. The van der Waals surface area contributed by atoms with Gasteiger partial charge in [-0.25, -0.2) is 0 Å². The molecule has 2 aliphatic rings. The van der Waals surface area contributed by atoms with Gasteiger partial charge in [0.05, 0.1) is 13.7 Å². The molecule has 0 spiro atoms. The first kappa shape index (κ1) is 11.8. The lowest BCUT2D eigenvalue weighted by Gasteiger charge is -2.41. The third-order valence-corrected chi connectivity index (χ3v) is 4.31. The second-order valence-electron chi connectivity index (χ2n) is 5.59. The molecule has 2 atom stereocenters. The zero-order chi connectivity index (χ0) is 12.7. The third kappa shape index (κ3) is 1.87. The number of ether oxygens (including phenoxy) is 2. The summed E-state index contributed by atoms with van der Waals surface area (Å²) in [5.74, 6) is 3.30. The van der Waals surface area contributed by atoms with Crippen molar-refractivity contribution in [2.75, 3.05) is 33.9 Å². The molecule has 1 aromatic carbocycles. The number of methoxy groups -OCH3 is 1. The molecule has 98 valence electrons. The fraction of sp³-hybridized carbons (Fsp3) is 0.600. The lowest BCUT2D eigenvalue weighted by molar-refractivity contribution is 0.113. The molecule has 0 saturated carbocycles. The summed E-state index contributed by atoms with van der Waals surface area (Å²) in [5.41, 5.74) is 2.53. The van der Waals surface area contributed by atoms with Crippen molar-refractivity contribution in [2.24, 2.45) is 5.92 Å². The molecule has 2 heterocycles. The number of rotatable bonds is 1. The molecule has 1 fully saturated rings. The van der Waals surface area contributed by atoms with Gasteiger partial charge in [-0.1, -0.05) is 0 Å². The number of likely N-dealkylation sites (N-methyl/N-ethyl adjacent to an activating group) is 1. The first-order valence-corrected chi connectivity index (χ1v) is 6.69. The van der Waals surface area contributed by atoms with E-state index < -0.39 is 0 Å². The number of hydrogen-bond donors (Lipinski definition) is 0. The first-order valence-electron chi connectivity index (χ1n) is 6.69. The van der Waals surface area contributed by atoms with Gasteiger partial charge < -0.3 is 14.4 Å². The van der Waals surface area contributed by atoms with Crippen molar-refractivity contribution in [2.45, 2.75) is 19.3 Å². The van der Waals surface area contributed by atoms with Crippen molar-refractivity contribution >= 4 is 0 Å². The maximum atomic E-state index is 5.98. The lowest BCUT2D eigenvalue weighted by Crippen LogP contribution is -2.41. The Hall–Kier alpha value is -1.22. The molecule has 0 radical (unpaired) electrons. The fourth-order valence-corrected chi connectivity index (χ4v) is 3.26. The molecule has 0 aliphatic carbocycles. The molecule has 3 rings (SSSR count). The maximum Gasteiger partial charge on any atom is 0.126 e. The Morgan fingerprint density at radius 3 is 3.00 bits per heavy atom. The van der Waals surface area contributed by atoms with Crippen LogP contribution in [0.5, 0.6) is 11.5 Å². The van der Waals surface area contributed by atoms with Crippen LogP contribution in [0.1, 0.15) is 23.5 Å². The van der Waals surface area contributed by atoms with Gasteiger partial charge >= 0.3 is 0 Å². The molecule has 3 nitrogen and oxygen atoms in total. The van der Waals surface area contributed by atoms with Gasteiger partial charge in [0, 0.05) is 23.9 Å². The monoisotopic (exact) mass is 247 g/mol. The van der Waals surface area contributed by atoms with Crippen LogP contribution in [0.15, 0.2) is 12.1 Å². The van der Waals surface area contributed by atoms with E-state index in [1.54, 1.807) is 7.11 Å². The van der Waals surface area contributed by atoms with Crippen LogP contribution in [0.3, 0.4) is 0 Å². The van der Waals surface area contributed by atoms with Gasteiger partial charge in [0.1, 0.15) is 11.5 Å². The normalized spacial score (nSPS) is 27.1. The summed E-state index contributed by atoms with van der Waals surface area (Å²) >= 11 is 0. The topological polar surface area (TPSA) is 21.7 Å². The molecule has 3 heteroatoms. The number of nitrogens with zero attached hydrogens (tertiary/aromatic N) is 1. The Morgan fingerprint density at radius 1 is 1.39 bits per heavy atom. The van der Waals surface area contributed by atoms with Gasteiger partial charge in [0.15, 0.2) is 0 Å². The molecular weight excluding hydrogens is 226 g/mol. The highest BCUT2D eigenvalue weighted by molar-refractivity contribution is 5.50. The van der Waals surface area contributed by atoms with Crippen LogP contribution in [-0.2, 0) is 0 Å². The number of aryl methyl sites for hydroxylation is 1. The second-order valence-corrected chi connectivity index (χ2v) is 5.59. The highest BCUT2D eigenvalue weighted by Crippen LogP contribution is 2.44. The average molecular weight is 247 g/mol. The average Bonchev–Trinajstić information content (AvgIpc) is 2.38. The highest BCUT2D eigenvalue weighted by Gasteiger charge is 2.35. The number of fused-ring (bicyclic) bond motifs is 3. The minimum atomic E-state index is 0.598. The van der Waals surface area contributed by atoms with Crippen LogP contribution in [-0.4, -0.2) is 38.8 Å². The predicted octanol–water partition coefficient (Wildman–Crippen LogP) is 2.43. The SMILES string of the molecule is COc1cc(C)c2c(c1)[C@H]1CN(C)CC[C@H]1CO2. The largest absolute Gasteiger partial charge is 0.497 e. The second kappa shape index (κ2) is 4.47. The van der Waals surface area contributed by atoms with Gasteiger partial charge in [-0.05, 0) is 44.6 Å². The van der Waals surface area contributed by atoms with E-state index in [0.717, 1.165) is 24.7 Å².